The SMILES string of the molecule is O=C(c1ccc(F)cc1)N1C[C@H]2CN(CC3CCCO3)CC[C@H]2C1. The first-order valence-electron chi connectivity index (χ1n) is 9.08. The van der Waals surface area contributed by atoms with Gasteiger partial charge in [0.25, 0.3) is 5.91 Å². The molecular formula is C19H25FN2O2. The molecule has 4 rings (SSSR count). The lowest BCUT2D eigenvalue weighted by atomic mass is 9.88. The number of nitrogens with zero attached hydrogens (tertiary/aromatic N) is 2. The van der Waals surface area contributed by atoms with Gasteiger partial charge in [0.1, 0.15) is 5.82 Å². The van der Waals surface area contributed by atoms with Crippen LogP contribution in [0.5, 0.6) is 0 Å². The Labute approximate surface area is 142 Å². The molecule has 3 heterocycles. The van der Waals surface area contributed by atoms with E-state index in [1.807, 2.05) is 4.90 Å². The summed E-state index contributed by atoms with van der Waals surface area (Å²) in [5.74, 6) is 0.904. The summed E-state index contributed by atoms with van der Waals surface area (Å²) in [7, 11) is 0. The molecule has 3 fully saturated rings. The zero-order chi connectivity index (χ0) is 16.5. The summed E-state index contributed by atoms with van der Waals surface area (Å²) in [5.41, 5.74) is 0.589. The maximum Gasteiger partial charge on any atom is 0.253 e. The molecule has 0 bridgehead atoms. The molecule has 3 saturated heterocycles. The summed E-state index contributed by atoms with van der Waals surface area (Å²) in [4.78, 5) is 17.1. The van der Waals surface area contributed by atoms with E-state index in [1.54, 1.807) is 12.1 Å². The second-order valence-electron chi connectivity index (χ2n) is 7.42. The van der Waals surface area contributed by atoms with Gasteiger partial charge in [0.2, 0.25) is 0 Å². The number of benzene rings is 1. The van der Waals surface area contributed by atoms with Gasteiger partial charge in [0, 0.05) is 38.3 Å². The molecule has 5 heteroatoms. The van der Waals surface area contributed by atoms with Crippen LogP contribution in [0, 0.1) is 17.7 Å². The lowest BCUT2D eigenvalue weighted by molar-refractivity contribution is 0.0506. The average molecular weight is 332 g/mol. The fourth-order valence-corrected chi connectivity index (χ4v) is 4.43. The number of likely N-dealkylation sites (tertiary alicyclic amines) is 2. The Morgan fingerprint density at radius 2 is 1.92 bits per heavy atom. The zero-order valence-electron chi connectivity index (χ0n) is 14.0. The number of carbonyl (C=O) groups excluding carboxylic acids is 1. The van der Waals surface area contributed by atoms with Crippen LogP contribution in [0.2, 0.25) is 0 Å². The first-order chi connectivity index (χ1) is 11.7. The highest BCUT2D eigenvalue weighted by atomic mass is 19.1. The van der Waals surface area contributed by atoms with Crippen molar-refractivity contribution in [2.75, 3.05) is 39.3 Å². The maximum atomic E-state index is 13.0. The predicted molar refractivity (Wildman–Crippen MR) is 89.3 cm³/mol. The Kier molecular flexibility index (Phi) is 4.55. The van der Waals surface area contributed by atoms with E-state index in [4.69, 9.17) is 4.74 Å². The van der Waals surface area contributed by atoms with Gasteiger partial charge in [-0.05, 0) is 61.9 Å². The summed E-state index contributed by atoms with van der Waals surface area (Å²) < 4.78 is 18.8. The minimum Gasteiger partial charge on any atom is -0.377 e. The zero-order valence-corrected chi connectivity index (χ0v) is 14.0. The van der Waals surface area contributed by atoms with Gasteiger partial charge in [-0.15, -0.1) is 0 Å². The molecule has 0 N–H and O–H groups in total. The highest BCUT2D eigenvalue weighted by Gasteiger charge is 2.39. The molecule has 130 valence electrons. The van der Waals surface area contributed by atoms with E-state index in [-0.39, 0.29) is 11.7 Å². The number of carbonyl (C=O) groups is 1. The number of piperidine rings is 1. The van der Waals surface area contributed by atoms with Crippen LogP contribution in [0.4, 0.5) is 4.39 Å². The van der Waals surface area contributed by atoms with Crippen molar-refractivity contribution in [2.24, 2.45) is 11.8 Å². The van der Waals surface area contributed by atoms with E-state index in [0.717, 1.165) is 45.8 Å². The molecule has 1 aromatic rings. The number of amides is 1. The second-order valence-corrected chi connectivity index (χ2v) is 7.42. The Morgan fingerprint density at radius 1 is 1.12 bits per heavy atom. The molecule has 1 amide bonds. The lowest BCUT2D eigenvalue weighted by Gasteiger charge is -2.35. The van der Waals surface area contributed by atoms with Crippen molar-refractivity contribution in [1.29, 1.82) is 0 Å². The number of rotatable bonds is 3. The van der Waals surface area contributed by atoms with E-state index in [2.05, 4.69) is 4.90 Å². The van der Waals surface area contributed by atoms with Crippen molar-refractivity contribution in [3.8, 4) is 0 Å². The summed E-state index contributed by atoms with van der Waals surface area (Å²) >= 11 is 0. The van der Waals surface area contributed by atoms with Crippen molar-refractivity contribution >= 4 is 5.91 Å². The minimum atomic E-state index is -0.300. The molecule has 0 spiro atoms. The Bertz CT molecular complexity index is 586. The molecule has 3 atom stereocenters. The standard InChI is InChI=1S/C19H25FN2O2/c20-17-5-3-14(4-6-17)19(23)22-11-15-7-8-21(10-16(15)12-22)13-18-2-1-9-24-18/h3-6,15-16,18H,1-2,7-13H2/t15-,16+,18?/m0/s1. The number of hydrogen-bond acceptors (Lipinski definition) is 3. The van der Waals surface area contributed by atoms with E-state index in [9.17, 15) is 9.18 Å². The minimum absolute atomic E-state index is 0.0371. The number of halogens is 1. The number of ether oxygens (including phenoxy) is 1. The van der Waals surface area contributed by atoms with Gasteiger partial charge in [0.15, 0.2) is 0 Å². The van der Waals surface area contributed by atoms with Crippen LogP contribution in [0.15, 0.2) is 24.3 Å². The van der Waals surface area contributed by atoms with E-state index < -0.39 is 0 Å². The van der Waals surface area contributed by atoms with Crippen molar-refractivity contribution in [2.45, 2.75) is 25.4 Å². The van der Waals surface area contributed by atoms with E-state index in [1.165, 1.54) is 25.0 Å². The van der Waals surface area contributed by atoms with Gasteiger partial charge in [-0.2, -0.15) is 0 Å². The summed E-state index contributed by atoms with van der Waals surface area (Å²) in [6.45, 7) is 5.79. The van der Waals surface area contributed by atoms with Gasteiger partial charge in [-0.1, -0.05) is 0 Å². The fraction of sp³-hybridized carbons (Fsp3) is 0.632. The highest BCUT2D eigenvalue weighted by molar-refractivity contribution is 5.94. The Hall–Kier alpha value is -1.46. The van der Waals surface area contributed by atoms with E-state index >= 15 is 0 Å². The van der Waals surface area contributed by atoms with Crippen LogP contribution >= 0.6 is 0 Å². The second kappa shape index (κ2) is 6.81. The summed E-state index contributed by atoms with van der Waals surface area (Å²) in [6, 6.07) is 5.89. The third-order valence-electron chi connectivity index (χ3n) is 5.75. The number of fused-ring (bicyclic) bond motifs is 1. The molecule has 3 aliphatic rings. The Morgan fingerprint density at radius 3 is 2.67 bits per heavy atom. The van der Waals surface area contributed by atoms with Crippen LogP contribution in [0.1, 0.15) is 29.6 Å². The molecule has 0 radical (unpaired) electrons. The summed E-state index contributed by atoms with van der Waals surface area (Å²) in [5, 5.41) is 0. The van der Waals surface area contributed by atoms with Crippen LogP contribution in [-0.4, -0.2) is 61.1 Å². The molecular weight excluding hydrogens is 307 g/mol. The predicted octanol–water partition coefficient (Wildman–Crippen LogP) is 2.40. The molecule has 4 nitrogen and oxygen atoms in total. The molecule has 0 aromatic heterocycles. The van der Waals surface area contributed by atoms with Gasteiger partial charge in [0.05, 0.1) is 6.10 Å². The van der Waals surface area contributed by atoms with Gasteiger partial charge >= 0.3 is 0 Å². The first-order valence-corrected chi connectivity index (χ1v) is 9.08. The van der Waals surface area contributed by atoms with Gasteiger partial charge in [-0.3, -0.25) is 4.79 Å². The van der Waals surface area contributed by atoms with Crippen LogP contribution in [0.3, 0.4) is 0 Å². The van der Waals surface area contributed by atoms with Crippen molar-refractivity contribution in [3.05, 3.63) is 35.6 Å². The van der Waals surface area contributed by atoms with Crippen molar-refractivity contribution in [3.63, 3.8) is 0 Å². The van der Waals surface area contributed by atoms with Crippen LogP contribution < -0.4 is 0 Å². The first kappa shape index (κ1) is 16.0. The van der Waals surface area contributed by atoms with E-state index in [0.29, 0.717) is 23.5 Å². The normalized spacial score (nSPS) is 30.5. The third-order valence-corrected chi connectivity index (χ3v) is 5.75. The molecule has 0 aliphatic carbocycles. The summed E-state index contributed by atoms with van der Waals surface area (Å²) in [6.07, 6.45) is 3.93. The van der Waals surface area contributed by atoms with Crippen LogP contribution in [-0.2, 0) is 4.74 Å². The van der Waals surface area contributed by atoms with Crippen molar-refractivity contribution in [1.82, 2.24) is 9.80 Å². The monoisotopic (exact) mass is 332 g/mol. The average Bonchev–Trinajstić information content (AvgIpc) is 3.24. The molecule has 3 aliphatic heterocycles. The van der Waals surface area contributed by atoms with Crippen LogP contribution in [0.25, 0.3) is 0 Å². The molecule has 0 saturated carbocycles. The largest absolute Gasteiger partial charge is 0.377 e. The maximum absolute atomic E-state index is 13.0. The molecule has 1 unspecified atom stereocenters. The molecule has 24 heavy (non-hydrogen) atoms. The smallest absolute Gasteiger partial charge is 0.253 e. The van der Waals surface area contributed by atoms with Crippen molar-refractivity contribution < 1.29 is 13.9 Å². The quantitative estimate of drug-likeness (QED) is 0.852. The third kappa shape index (κ3) is 3.33. The topological polar surface area (TPSA) is 32.8 Å². The Balaban J connectivity index is 1.35. The van der Waals surface area contributed by atoms with Gasteiger partial charge < -0.3 is 14.5 Å². The number of hydrogen-bond donors (Lipinski definition) is 0. The molecule has 1 aromatic carbocycles. The fourth-order valence-electron chi connectivity index (χ4n) is 4.43. The highest BCUT2D eigenvalue weighted by Crippen LogP contribution is 2.32. The lowest BCUT2D eigenvalue weighted by Crippen LogP contribution is -2.43. The van der Waals surface area contributed by atoms with Gasteiger partial charge in [-0.25, -0.2) is 4.39 Å².